The summed E-state index contributed by atoms with van der Waals surface area (Å²) in [6.07, 6.45) is 2.71. The van der Waals surface area contributed by atoms with Gasteiger partial charge in [0.05, 0.1) is 23.0 Å². The van der Waals surface area contributed by atoms with Gasteiger partial charge in [-0.1, -0.05) is 35.5 Å². The summed E-state index contributed by atoms with van der Waals surface area (Å²) >= 11 is 1.80. The van der Waals surface area contributed by atoms with E-state index in [1.165, 1.54) is 11.3 Å². The summed E-state index contributed by atoms with van der Waals surface area (Å²) < 4.78 is 2.18. The average Bonchev–Trinajstić information content (AvgIpc) is 3.08. The topological polar surface area (TPSA) is 50.4 Å². The van der Waals surface area contributed by atoms with Gasteiger partial charge < -0.3 is 9.77 Å². The highest BCUT2D eigenvalue weighted by atomic mass is 32.2. The fourth-order valence-electron chi connectivity index (χ4n) is 2.49. The van der Waals surface area contributed by atoms with Crippen LogP contribution in [0.15, 0.2) is 41.8 Å². The number of oxime groups is 1. The van der Waals surface area contributed by atoms with Gasteiger partial charge >= 0.3 is 0 Å². The molecule has 1 saturated heterocycles. The number of thioether (sulfide) groups is 1. The summed E-state index contributed by atoms with van der Waals surface area (Å²) in [5, 5.41) is 12.5. The zero-order valence-corrected chi connectivity index (χ0v) is 12.2. The first kappa shape index (κ1) is 13.2. The first-order chi connectivity index (χ1) is 9.78. The Morgan fingerprint density at radius 2 is 2.20 bits per heavy atom. The number of nitrogens with zero attached hydrogens (tertiary/aromatic N) is 3. The third-order valence-electron chi connectivity index (χ3n) is 3.65. The number of aromatic nitrogens is 2. The molecule has 4 nitrogen and oxygen atoms in total. The molecule has 0 saturated carbocycles. The lowest BCUT2D eigenvalue weighted by molar-refractivity contribution is 0.317. The summed E-state index contributed by atoms with van der Waals surface area (Å²) in [5.74, 6) is 0.798. The van der Waals surface area contributed by atoms with Crippen molar-refractivity contribution in [3.8, 4) is 0 Å². The van der Waals surface area contributed by atoms with Crippen molar-refractivity contribution in [2.24, 2.45) is 5.16 Å². The molecule has 104 valence electrons. The van der Waals surface area contributed by atoms with Gasteiger partial charge in [0.25, 0.3) is 0 Å². The Bertz CT molecular complexity index is 621. The molecule has 1 unspecified atom stereocenters. The zero-order valence-electron chi connectivity index (χ0n) is 11.4. The van der Waals surface area contributed by atoms with E-state index in [1.807, 2.05) is 12.4 Å². The Morgan fingerprint density at radius 3 is 2.90 bits per heavy atom. The third kappa shape index (κ3) is 2.58. The van der Waals surface area contributed by atoms with E-state index in [2.05, 4.69) is 45.9 Å². The van der Waals surface area contributed by atoms with Gasteiger partial charge in [-0.3, -0.25) is 0 Å². The monoisotopic (exact) mass is 287 g/mol. The van der Waals surface area contributed by atoms with Crippen LogP contribution in [0.3, 0.4) is 0 Å². The molecule has 1 aromatic heterocycles. The van der Waals surface area contributed by atoms with Crippen LogP contribution in [0.5, 0.6) is 0 Å². The first-order valence-electron chi connectivity index (χ1n) is 6.65. The molecule has 1 aliphatic rings. The number of hydrogen-bond acceptors (Lipinski definition) is 4. The predicted molar refractivity (Wildman–Crippen MR) is 81.5 cm³/mol. The van der Waals surface area contributed by atoms with Gasteiger partial charge in [0.1, 0.15) is 0 Å². The Labute approximate surface area is 122 Å². The van der Waals surface area contributed by atoms with Crippen molar-refractivity contribution in [3.63, 3.8) is 0 Å². The average molecular weight is 287 g/mol. The molecule has 0 aliphatic carbocycles. The summed E-state index contributed by atoms with van der Waals surface area (Å²) in [6.45, 7) is 2.96. The molecule has 1 aromatic carbocycles. The largest absolute Gasteiger partial charge is 0.411 e. The lowest BCUT2D eigenvalue weighted by Crippen LogP contribution is -2.02. The quantitative estimate of drug-likeness (QED) is 0.696. The molecule has 5 heteroatoms. The van der Waals surface area contributed by atoms with Crippen molar-refractivity contribution >= 4 is 17.5 Å². The van der Waals surface area contributed by atoms with Crippen molar-refractivity contribution in [1.82, 2.24) is 9.55 Å². The summed E-state index contributed by atoms with van der Waals surface area (Å²) in [7, 11) is 0. The van der Waals surface area contributed by atoms with Crippen molar-refractivity contribution in [2.45, 2.75) is 25.1 Å². The lowest BCUT2D eigenvalue weighted by atomic mass is 10.1. The number of rotatable bonds is 3. The van der Waals surface area contributed by atoms with Crippen LogP contribution < -0.4 is 0 Å². The fourth-order valence-corrected chi connectivity index (χ4v) is 3.76. The van der Waals surface area contributed by atoms with E-state index in [0.29, 0.717) is 5.25 Å². The van der Waals surface area contributed by atoms with Crippen LogP contribution in [-0.4, -0.2) is 26.2 Å². The SMILES string of the molecule is Cc1c(C2CC(=NO)CS2)ncn1Cc1ccccc1. The summed E-state index contributed by atoms with van der Waals surface area (Å²) in [4.78, 5) is 4.57. The van der Waals surface area contributed by atoms with Crippen LogP contribution in [0.25, 0.3) is 0 Å². The van der Waals surface area contributed by atoms with Gasteiger partial charge in [-0.05, 0) is 12.5 Å². The highest BCUT2D eigenvalue weighted by Crippen LogP contribution is 2.39. The molecule has 0 spiro atoms. The minimum absolute atomic E-state index is 0.318. The van der Waals surface area contributed by atoms with E-state index >= 15 is 0 Å². The van der Waals surface area contributed by atoms with E-state index in [-0.39, 0.29) is 0 Å². The zero-order chi connectivity index (χ0) is 13.9. The highest BCUT2D eigenvalue weighted by molar-refractivity contribution is 8.00. The second-order valence-corrected chi connectivity index (χ2v) is 6.19. The lowest BCUT2D eigenvalue weighted by Gasteiger charge is -2.09. The van der Waals surface area contributed by atoms with Crippen LogP contribution in [0.2, 0.25) is 0 Å². The van der Waals surface area contributed by atoms with E-state index in [9.17, 15) is 0 Å². The smallest absolute Gasteiger partial charge is 0.0955 e. The van der Waals surface area contributed by atoms with E-state index < -0.39 is 0 Å². The van der Waals surface area contributed by atoms with E-state index in [1.54, 1.807) is 11.8 Å². The van der Waals surface area contributed by atoms with Gasteiger partial charge in [0.15, 0.2) is 0 Å². The maximum Gasteiger partial charge on any atom is 0.0955 e. The van der Waals surface area contributed by atoms with Gasteiger partial charge in [-0.15, -0.1) is 11.8 Å². The molecule has 1 atom stereocenters. The Balaban J connectivity index is 1.79. The molecular formula is C15H17N3OS. The fraction of sp³-hybridized carbons (Fsp3) is 0.333. The van der Waals surface area contributed by atoms with Gasteiger partial charge in [0.2, 0.25) is 0 Å². The molecule has 1 N–H and O–H groups in total. The van der Waals surface area contributed by atoms with Gasteiger partial charge in [-0.2, -0.15) is 0 Å². The second kappa shape index (κ2) is 5.71. The maximum atomic E-state index is 8.85. The molecule has 1 aliphatic heterocycles. The van der Waals surface area contributed by atoms with E-state index in [0.717, 1.165) is 30.1 Å². The molecule has 2 aromatic rings. The van der Waals surface area contributed by atoms with Gasteiger partial charge in [0, 0.05) is 24.4 Å². The molecule has 2 heterocycles. The van der Waals surface area contributed by atoms with Crippen LogP contribution in [0.1, 0.15) is 28.6 Å². The summed E-state index contributed by atoms with van der Waals surface area (Å²) in [5.41, 5.74) is 4.45. The molecule has 20 heavy (non-hydrogen) atoms. The van der Waals surface area contributed by atoms with Crippen molar-refractivity contribution in [1.29, 1.82) is 0 Å². The van der Waals surface area contributed by atoms with Crippen molar-refractivity contribution < 1.29 is 5.21 Å². The number of imidazole rings is 1. The first-order valence-corrected chi connectivity index (χ1v) is 7.69. The Kier molecular flexibility index (Phi) is 3.78. The molecule has 0 amide bonds. The highest BCUT2D eigenvalue weighted by Gasteiger charge is 2.27. The minimum atomic E-state index is 0.318. The standard InChI is InChI=1S/C15H17N3OS/c1-11-15(14-7-13(17-19)9-20-14)16-10-18(11)8-12-5-3-2-4-6-12/h2-6,10,14,19H,7-9H2,1H3. The van der Waals surface area contributed by atoms with E-state index in [4.69, 9.17) is 5.21 Å². The van der Waals surface area contributed by atoms with Crippen LogP contribution in [0, 0.1) is 6.92 Å². The molecular weight excluding hydrogens is 270 g/mol. The third-order valence-corrected chi connectivity index (χ3v) is 4.94. The summed E-state index contributed by atoms with van der Waals surface area (Å²) in [6, 6.07) is 10.4. The predicted octanol–water partition coefficient (Wildman–Crippen LogP) is 3.25. The van der Waals surface area contributed by atoms with Crippen molar-refractivity contribution in [3.05, 3.63) is 53.6 Å². The number of hydrogen-bond donors (Lipinski definition) is 1. The molecule has 1 fully saturated rings. The van der Waals surface area contributed by atoms with Crippen molar-refractivity contribution in [2.75, 3.05) is 5.75 Å². The van der Waals surface area contributed by atoms with Crippen LogP contribution in [-0.2, 0) is 6.54 Å². The normalized spacial score (nSPS) is 20.6. The Hall–Kier alpha value is -1.75. The van der Waals surface area contributed by atoms with Crippen LogP contribution in [0.4, 0.5) is 0 Å². The minimum Gasteiger partial charge on any atom is -0.411 e. The Morgan fingerprint density at radius 1 is 1.40 bits per heavy atom. The second-order valence-electron chi connectivity index (χ2n) is 5.00. The molecule has 0 bridgehead atoms. The van der Waals surface area contributed by atoms with Gasteiger partial charge in [-0.25, -0.2) is 4.98 Å². The number of benzene rings is 1. The maximum absolute atomic E-state index is 8.85. The molecule has 3 rings (SSSR count). The molecule has 0 radical (unpaired) electrons. The van der Waals surface area contributed by atoms with Crippen LogP contribution >= 0.6 is 11.8 Å².